The van der Waals surface area contributed by atoms with Crippen molar-refractivity contribution >= 4 is 21.6 Å². The second kappa shape index (κ2) is 4.66. The van der Waals surface area contributed by atoms with E-state index >= 15 is 0 Å². The molecule has 3 rings (SSSR count). The number of nitrogens with one attached hydrogen (secondary N) is 1. The van der Waals surface area contributed by atoms with Crippen LogP contribution in [-0.2, 0) is 6.42 Å². The minimum Gasteiger partial charge on any atom is -0.297 e. The van der Waals surface area contributed by atoms with Gasteiger partial charge in [0.05, 0.1) is 5.69 Å². The van der Waals surface area contributed by atoms with Crippen molar-refractivity contribution in [3.63, 3.8) is 0 Å². The fraction of sp³-hybridized carbons (Fsp3) is 0.143. The number of hydrogen-bond acceptors (Lipinski definition) is 2. The first-order valence-corrected chi connectivity index (χ1v) is 6.84. The Morgan fingerprint density at radius 2 is 2.21 bits per heavy atom. The molecule has 0 atom stereocenters. The lowest BCUT2D eigenvalue weighted by Gasteiger charge is -2.02. The Morgan fingerprint density at radius 3 is 2.95 bits per heavy atom. The summed E-state index contributed by atoms with van der Waals surface area (Å²) in [5.74, 6) is 0. The van der Waals surface area contributed by atoms with E-state index in [4.69, 9.17) is 0 Å². The molecule has 19 heavy (non-hydrogen) atoms. The van der Waals surface area contributed by atoms with Crippen LogP contribution in [0.25, 0.3) is 16.9 Å². The molecule has 0 radical (unpaired) electrons. The highest BCUT2D eigenvalue weighted by molar-refractivity contribution is 9.10. The van der Waals surface area contributed by atoms with E-state index in [9.17, 15) is 4.79 Å². The first kappa shape index (κ1) is 12.2. The van der Waals surface area contributed by atoms with E-state index in [1.165, 1.54) is 4.52 Å². The predicted molar refractivity (Wildman–Crippen MR) is 78.3 cm³/mol. The molecule has 4 nitrogen and oxygen atoms in total. The van der Waals surface area contributed by atoms with Gasteiger partial charge >= 0.3 is 0 Å². The average Bonchev–Trinajstić information content (AvgIpc) is 2.82. The van der Waals surface area contributed by atoms with Gasteiger partial charge < -0.3 is 0 Å². The van der Waals surface area contributed by atoms with Crippen molar-refractivity contribution in [3.8, 4) is 11.3 Å². The molecule has 0 spiro atoms. The number of nitrogens with zero attached hydrogens (tertiary/aromatic N) is 2. The predicted octanol–water partition coefficient (Wildman–Crippen LogP) is 3.01. The van der Waals surface area contributed by atoms with Gasteiger partial charge in [0, 0.05) is 27.9 Å². The number of hydrogen-bond donors (Lipinski definition) is 1. The number of rotatable bonds is 2. The third kappa shape index (κ3) is 2.10. The van der Waals surface area contributed by atoms with Crippen molar-refractivity contribution in [1.82, 2.24) is 14.6 Å². The number of halogens is 1. The molecule has 0 aliphatic heterocycles. The third-order valence-electron chi connectivity index (χ3n) is 3.08. The topological polar surface area (TPSA) is 50.2 Å². The van der Waals surface area contributed by atoms with Crippen LogP contribution in [0, 0.1) is 0 Å². The second-order valence-corrected chi connectivity index (χ2v) is 5.22. The highest BCUT2D eigenvalue weighted by atomic mass is 79.9. The van der Waals surface area contributed by atoms with Crippen LogP contribution in [0.1, 0.15) is 12.5 Å². The Balaban J connectivity index is 2.28. The van der Waals surface area contributed by atoms with Gasteiger partial charge in [-0.25, -0.2) is 9.50 Å². The molecule has 0 aliphatic rings. The van der Waals surface area contributed by atoms with Gasteiger partial charge in [-0.2, -0.15) is 0 Å². The SMILES string of the molecule is CCc1c[nH]n2c(=O)cc(-c3cccc(Br)c3)nc12. The summed E-state index contributed by atoms with van der Waals surface area (Å²) in [7, 11) is 0. The minimum absolute atomic E-state index is 0.0975. The molecule has 0 aliphatic carbocycles. The molecule has 0 fully saturated rings. The van der Waals surface area contributed by atoms with Crippen molar-refractivity contribution < 1.29 is 0 Å². The van der Waals surface area contributed by atoms with Gasteiger partial charge in [0.1, 0.15) is 0 Å². The first-order valence-electron chi connectivity index (χ1n) is 6.05. The van der Waals surface area contributed by atoms with Crippen LogP contribution in [0.15, 0.2) is 45.8 Å². The van der Waals surface area contributed by atoms with Crippen molar-refractivity contribution in [1.29, 1.82) is 0 Å². The van der Waals surface area contributed by atoms with E-state index < -0.39 is 0 Å². The standard InChI is InChI=1S/C14H12BrN3O/c1-2-9-8-16-18-13(19)7-12(17-14(9)18)10-4-3-5-11(15)6-10/h3-8,16H,2H2,1H3. The van der Waals surface area contributed by atoms with Crippen molar-refractivity contribution in [3.05, 3.63) is 56.9 Å². The average molecular weight is 318 g/mol. The lowest BCUT2D eigenvalue weighted by atomic mass is 10.1. The van der Waals surface area contributed by atoms with Crippen molar-refractivity contribution in [2.75, 3.05) is 0 Å². The Labute approximate surface area is 118 Å². The summed E-state index contributed by atoms with van der Waals surface area (Å²) in [6, 6.07) is 9.33. The van der Waals surface area contributed by atoms with Crippen LogP contribution >= 0.6 is 15.9 Å². The van der Waals surface area contributed by atoms with Crippen LogP contribution in [0.2, 0.25) is 0 Å². The van der Waals surface area contributed by atoms with E-state index in [0.717, 1.165) is 22.0 Å². The van der Waals surface area contributed by atoms with Crippen molar-refractivity contribution in [2.24, 2.45) is 0 Å². The summed E-state index contributed by atoms with van der Waals surface area (Å²) in [6.07, 6.45) is 2.66. The van der Waals surface area contributed by atoms with Crippen LogP contribution in [0.3, 0.4) is 0 Å². The third-order valence-corrected chi connectivity index (χ3v) is 3.57. The molecule has 2 heterocycles. The van der Waals surface area contributed by atoms with Crippen molar-refractivity contribution in [2.45, 2.75) is 13.3 Å². The number of aryl methyl sites for hydroxylation is 1. The molecular formula is C14H12BrN3O. The van der Waals surface area contributed by atoms with Gasteiger partial charge in [-0.3, -0.25) is 9.89 Å². The normalized spacial score (nSPS) is 11.1. The Bertz CT molecular complexity index is 804. The molecule has 0 saturated heterocycles. The van der Waals surface area contributed by atoms with E-state index in [2.05, 4.69) is 26.0 Å². The highest BCUT2D eigenvalue weighted by Gasteiger charge is 2.09. The van der Waals surface area contributed by atoms with Crippen LogP contribution in [-0.4, -0.2) is 14.6 Å². The van der Waals surface area contributed by atoms with Gasteiger partial charge in [0.15, 0.2) is 5.65 Å². The fourth-order valence-corrected chi connectivity index (χ4v) is 2.48. The zero-order valence-corrected chi connectivity index (χ0v) is 11.9. The molecular weight excluding hydrogens is 306 g/mol. The Hall–Kier alpha value is -1.88. The van der Waals surface area contributed by atoms with E-state index in [1.54, 1.807) is 6.07 Å². The monoisotopic (exact) mass is 317 g/mol. The maximum atomic E-state index is 12.1. The summed E-state index contributed by atoms with van der Waals surface area (Å²) >= 11 is 3.43. The lowest BCUT2D eigenvalue weighted by molar-refractivity contribution is 0.901. The summed E-state index contributed by atoms with van der Waals surface area (Å²) < 4.78 is 2.44. The summed E-state index contributed by atoms with van der Waals surface area (Å²) in [5, 5.41) is 2.93. The van der Waals surface area contributed by atoms with Gasteiger partial charge in [-0.05, 0) is 18.6 Å². The molecule has 0 unspecified atom stereocenters. The quantitative estimate of drug-likeness (QED) is 0.790. The number of benzene rings is 1. The molecule has 5 heteroatoms. The molecule has 1 aromatic carbocycles. The van der Waals surface area contributed by atoms with Gasteiger partial charge in [0.25, 0.3) is 5.56 Å². The summed E-state index contributed by atoms with van der Waals surface area (Å²) in [6.45, 7) is 2.04. The lowest BCUT2D eigenvalue weighted by Crippen LogP contribution is -2.14. The molecule has 96 valence electrons. The number of H-pyrrole nitrogens is 1. The first-order chi connectivity index (χ1) is 9.19. The van der Waals surface area contributed by atoms with Crippen LogP contribution < -0.4 is 5.56 Å². The Kier molecular flexibility index (Phi) is 2.98. The molecule has 1 N–H and O–H groups in total. The summed E-state index contributed by atoms with van der Waals surface area (Å²) in [4.78, 5) is 16.7. The maximum Gasteiger partial charge on any atom is 0.273 e. The van der Waals surface area contributed by atoms with Crippen LogP contribution in [0.4, 0.5) is 0 Å². The number of aromatic amines is 1. The van der Waals surface area contributed by atoms with Gasteiger partial charge in [-0.15, -0.1) is 0 Å². The number of fused-ring (bicyclic) bond motifs is 1. The number of aromatic nitrogens is 3. The zero-order valence-electron chi connectivity index (χ0n) is 10.4. The zero-order chi connectivity index (χ0) is 13.4. The van der Waals surface area contributed by atoms with E-state index in [-0.39, 0.29) is 5.56 Å². The smallest absolute Gasteiger partial charge is 0.273 e. The molecule has 0 saturated carbocycles. The van der Waals surface area contributed by atoms with E-state index in [0.29, 0.717) is 11.3 Å². The summed E-state index contributed by atoms with van der Waals surface area (Å²) in [5.41, 5.74) is 3.26. The second-order valence-electron chi connectivity index (χ2n) is 4.30. The van der Waals surface area contributed by atoms with Gasteiger partial charge in [0.2, 0.25) is 0 Å². The maximum absolute atomic E-state index is 12.1. The van der Waals surface area contributed by atoms with E-state index in [1.807, 2.05) is 37.4 Å². The van der Waals surface area contributed by atoms with Gasteiger partial charge in [-0.1, -0.05) is 35.0 Å². The Morgan fingerprint density at radius 1 is 1.37 bits per heavy atom. The largest absolute Gasteiger partial charge is 0.297 e. The highest BCUT2D eigenvalue weighted by Crippen LogP contribution is 2.21. The minimum atomic E-state index is -0.0975. The van der Waals surface area contributed by atoms with Crippen LogP contribution in [0.5, 0.6) is 0 Å². The molecule has 3 aromatic rings. The fourth-order valence-electron chi connectivity index (χ4n) is 2.09. The molecule has 0 amide bonds. The molecule has 0 bridgehead atoms. The molecule has 2 aromatic heterocycles.